The van der Waals surface area contributed by atoms with Crippen molar-refractivity contribution < 1.29 is 22.7 Å². The summed E-state index contributed by atoms with van der Waals surface area (Å²) in [6.07, 6.45) is 0. The van der Waals surface area contributed by atoms with Gasteiger partial charge in [0.15, 0.2) is 5.11 Å². The van der Waals surface area contributed by atoms with Gasteiger partial charge in [-0.15, -0.1) is 11.3 Å². The molecule has 0 aliphatic carbocycles. The third-order valence-corrected chi connectivity index (χ3v) is 8.71. The van der Waals surface area contributed by atoms with E-state index in [0.29, 0.717) is 42.6 Å². The second kappa shape index (κ2) is 11.5. The summed E-state index contributed by atoms with van der Waals surface area (Å²) in [6.45, 7) is 5.42. The lowest BCUT2D eigenvalue weighted by molar-refractivity contribution is 0.0529. The molecule has 0 atom stereocenters. The fourth-order valence-electron chi connectivity index (χ4n) is 3.89. The van der Waals surface area contributed by atoms with E-state index in [1.807, 2.05) is 37.3 Å². The lowest BCUT2D eigenvalue weighted by Crippen LogP contribution is -2.40. The quantitative estimate of drug-likeness (QED) is 0.325. The summed E-state index contributed by atoms with van der Waals surface area (Å²) in [5.74, 6) is -0.427. The number of sulfonamides is 1. The molecule has 0 unspecified atom stereocenters. The summed E-state index contributed by atoms with van der Waals surface area (Å²) in [6, 6.07) is 16.1. The molecule has 0 bridgehead atoms. The van der Waals surface area contributed by atoms with Crippen molar-refractivity contribution in [2.75, 3.05) is 43.5 Å². The number of nitrogens with zero attached hydrogens (tertiary/aromatic N) is 1. The summed E-state index contributed by atoms with van der Waals surface area (Å²) in [4.78, 5) is 14.0. The lowest BCUT2D eigenvalue weighted by Gasteiger charge is -2.26. The highest BCUT2D eigenvalue weighted by molar-refractivity contribution is 7.89. The van der Waals surface area contributed by atoms with Crippen molar-refractivity contribution in [3.05, 3.63) is 65.0 Å². The van der Waals surface area contributed by atoms with Crippen LogP contribution in [0.3, 0.4) is 0 Å². The first kappa shape index (κ1) is 26.2. The molecular weight excluding hydrogens is 518 g/mol. The number of esters is 1. The molecule has 0 amide bonds. The normalized spacial score (nSPS) is 14.3. The predicted octanol–water partition coefficient (Wildman–Crippen LogP) is 4.73. The van der Waals surface area contributed by atoms with Crippen molar-refractivity contribution >= 4 is 55.3 Å². The Morgan fingerprint density at radius 1 is 1.08 bits per heavy atom. The van der Waals surface area contributed by atoms with E-state index in [0.717, 1.165) is 16.0 Å². The monoisotopic (exact) mass is 545 g/mol. The van der Waals surface area contributed by atoms with Crippen LogP contribution in [0.4, 0.5) is 10.7 Å². The Hall–Kier alpha value is -2.83. The van der Waals surface area contributed by atoms with E-state index in [1.165, 1.54) is 15.6 Å². The maximum atomic E-state index is 12.9. The van der Waals surface area contributed by atoms with Crippen LogP contribution in [0.2, 0.25) is 0 Å². The van der Waals surface area contributed by atoms with Gasteiger partial charge in [0.05, 0.1) is 24.7 Å². The lowest BCUT2D eigenvalue weighted by atomic mass is 10.0. The number of benzene rings is 2. The average Bonchev–Trinajstić information content (AvgIpc) is 3.20. The van der Waals surface area contributed by atoms with Gasteiger partial charge in [-0.1, -0.05) is 30.3 Å². The number of rotatable bonds is 7. The number of aryl methyl sites for hydroxylation is 1. The van der Waals surface area contributed by atoms with Gasteiger partial charge >= 0.3 is 5.97 Å². The standard InChI is InChI=1S/C25H27N3O5S3/c1-3-33-24(29)22-21(18-7-5-4-6-8-18)17(2)35-23(22)27-25(34)26-19-9-11-20(12-10-19)36(30,31)28-13-15-32-16-14-28/h4-12H,3,13-16H2,1-2H3,(H2,26,27,34). The summed E-state index contributed by atoms with van der Waals surface area (Å²) in [7, 11) is -3.58. The number of nitrogens with one attached hydrogen (secondary N) is 2. The Bertz CT molecular complexity index is 1330. The fraction of sp³-hybridized carbons (Fsp3) is 0.280. The number of anilines is 2. The van der Waals surface area contributed by atoms with E-state index in [-0.39, 0.29) is 16.6 Å². The molecule has 1 saturated heterocycles. The van der Waals surface area contributed by atoms with Crippen LogP contribution in [0.1, 0.15) is 22.2 Å². The average molecular weight is 546 g/mol. The van der Waals surface area contributed by atoms with Crippen LogP contribution in [0.5, 0.6) is 0 Å². The van der Waals surface area contributed by atoms with Crippen LogP contribution in [0, 0.1) is 6.92 Å². The molecule has 2 N–H and O–H groups in total. The molecule has 36 heavy (non-hydrogen) atoms. The number of thiocarbonyl (C=S) groups is 1. The Balaban J connectivity index is 1.52. The molecule has 1 aliphatic rings. The molecule has 3 aromatic rings. The van der Waals surface area contributed by atoms with Crippen molar-refractivity contribution in [3.8, 4) is 11.1 Å². The first-order valence-electron chi connectivity index (χ1n) is 11.4. The molecule has 8 nitrogen and oxygen atoms in total. The zero-order valence-corrected chi connectivity index (χ0v) is 22.4. The van der Waals surface area contributed by atoms with Crippen LogP contribution in [0.25, 0.3) is 11.1 Å². The van der Waals surface area contributed by atoms with Gasteiger partial charge < -0.3 is 20.1 Å². The van der Waals surface area contributed by atoms with Gasteiger partial charge in [-0.2, -0.15) is 4.31 Å². The van der Waals surface area contributed by atoms with Crippen molar-refractivity contribution in [2.45, 2.75) is 18.7 Å². The first-order valence-corrected chi connectivity index (χ1v) is 14.1. The highest BCUT2D eigenvalue weighted by Gasteiger charge is 2.27. The Kier molecular flexibility index (Phi) is 8.37. The minimum absolute atomic E-state index is 0.208. The Labute approximate surface area is 220 Å². The number of morpholine rings is 1. The Morgan fingerprint density at radius 3 is 2.39 bits per heavy atom. The van der Waals surface area contributed by atoms with Crippen LogP contribution in [0.15, 0.2) is 59.5 Å². The molecule has 1 aromatic heterocycles. The van der Waals surface area contributed by atoms with Crippen LogP contribution in [-0.2, 0) is 19.5 Å². The van der Waals surface area contributed by atoms with Gasteiger partial charge in [0.2, 0.25) is 10.0 Å². The minimum Gasteiger partial charge on any atom is -0.462 e. The van der Waals surface area contributed by atoms with Gasteiger partial charge in [-0.3, -0.25) is 0 Å². The molecular formula is C25H27N3O5S3. The molecule has 4 rings (SSSR count). The van der Waals surface area contributed by atoms with Crippen molar-refractivity contribution in [2.24, 2.45) is 0 Å². The van der Waals surface area contributed by atoms with Crippen LogP contribution >= 0.6 is 23.6 Å². The van der Waals surface area contributed by atoms with E-state index < -0.39 is 16.0 Å². The van der Waals surface area contributed by atoms with Gasteiger partial charge in [0.25, 0.3) is 0 Å². The SMILES string of the molecule is CCOC(=O)c1c(NC(=S)Nc2ccc(S(=O)(=O)N3CCOCC3)cc2)sc(C)c1-c1ccccc1. The summed E-state index contributed by atoms with van der Waals surface area (Å²) >= 11 is 6.91. The fourth-order valence-corrected chi connectivity index (χ4v) is 6.66. The topological polar surface area (TPSA) is 97.0 Å². The van der Waals surface area contributed by atoms with Gasteiger partial charge in [0, 0.05) is 29.2 Å². The second-order valence-electron chi connectivity index (χ2n) is 7.94. The third kappa shape index (κ3) is 5.76. The van der Waals surface area contributed by atoms with Crippen molar-refractivity contribution in [1.29, 1.82) is 0 Å². The van der Waals surface area contributed by atoms with Crippen molar-refractivity contribution in [3.63, 3.8) is 0 Å². The zero-order chi connectivity index (χ0) is 25.7. The molecule has 0 spiro atoms. The summed E-state index contributed by atoms with van der Waals surface area (Å²) in [5.41, 5.74) is 2.77. The smallest absolute Gasteiger partial charge is 0.341 e. The highest BCUT2D eigenvalue weighted by Crippen LogP contribution is 2.40. The Morgan fingerprint density at radius 2 is 1.75 bits per heavy atom. The first-order chi connectivity index (χ1) is 17.3. The maximum Gasteiger partial charge on any atom is 0.341 e. The molecule has 190 valence electrons. The van der Waals surface area contributed by atoms with Gasteiger partial charge in [-0.05, 0) is 55.9 Å². The van der Waals surface area contributed by atoms with E-state index in [9.17, 15) is 13.2 Å². The number of hydrogen-bond donors (Lipinski definition) is 2. The van der Waals surface area contributed by atoms with Crippen LogP contribution < -0.4 is 10.6 Å². The molecule has 2 heterocycles. The zero-order valence-electron chi connectivity index (χ0n) is 19.9. The molecule has 11 heteroatoms. The second-order valence-corrected chi connectivity index (χ2v) is 11.5. The largest absolute Gasteiger partial charge is 0.462 e. The third-order valence-electron chi connectivity index (χ3n) is 5.57. The molecule has 0 radical (unpaired) electrons. The molecule has 2 aromatic carbocycles. The molecule has 1 fully saturated rings. The van der Waals surface area contributed by atoms with Crippen LogP contribution in [-0.4, -0.2) is 56.7 Å². The highest BCUT2D eigenvalue weighted by atomic mass is 32.2. The molecule has 0 saturated carbocycles. The molecule has 1 aliphatic heterocycles. The van der Waals surface area contributed by atoms with Gasteiger partial charge in [0.1, 0.15) is 10.6 Å². The van der Waals surface area contributed by atoms with E-state index >= 15 is 0 Å². The van der Waals surface area contributed by atoms with E-state index in [1.54, 1.807) is 31.2 Å². The predicted molar refractivity (Wildman–Crippen MR) is 146 cm³/mol. The van der Waals surface area contributed by atoms with E-state index in [2.05, 4.69) is 10.6 Å². The number of carbonyl (C=O) groups excluding carboxylic acids is 1. The van der Waals surface area contributed by atoms with E-state index in [4.69, 9.17) is 21.7 Å². The summed E-state index contributed by atoms with van der Waals surface area (Å²) in [5, 5.41) is 7.03. The number of thiophene rings is 1. The minimum atomic E-state index is -3.58. The van der Waals surface area contributed by atoms with Gasteiger partial charge in [-0.25, -0.2) is 13.2 Å². The maximum absolute atomic E-state index is 12.9. The number of ether oxygens (including phenoxy) is 2. The number of carbonyl (C=O) groups is 1. The van der Waals surface area contributed by atoms with Crippen molar-refractivity contribution in [1.82, 2.24) is 4.31 Å². The summed E-state index contributed by atoms with van der Waals surface area (Å²) < 4.78 is 37.7. The number of hydrogen-bond acceptors (Lipinski definition) is 7.